The third-order valence-corrected chi connectivity index (χ3v) is 4.31. The van der Waals surface area contributed by atoms with Crippen molar-refractivity contribution in [3.8, 4) is 0 Å². The maximum atomic E-state index is 4.72. The van der Waals surface area contributed by atoms with Gasteiger partial charge in [0.05, 0.1) is 0 Å². The highest BCUT2D eigenvalue weighted by Gasteiger charge is 2.15. The predicted molar refractivity (Wildman–Crippen MR) is 87.0 cm³/mol. The van der Waals surface area contributed by atoms with Crippen LogP contribution in [0.2, 0.25) is 0 Å². The fourth-order valence-corrected chi connectivity index (χ4v) is 2.70. The molecule has 2 heterocycles. The first-order valence-electron chi connectivity index (χ1n) is 7.30. The molecule has 2 aromatic heterocycles. The molecule has 21 heavy (non-hydrogen) atoms. The number of aryl methyl sites for hydroxylation is 1. The van der Waals surface area contributed by atoms with Crippen molar-refractivity contribution in [1.29, 1.82) is 0 Å². The van der Waals surface area contributed by atoms with Crippen LogP contribution in [0.3, 0.4) is 0 Å². The molecule has 0 saturated carbocycles. The molecule has 0 fully saturated rings. The van der Waals surface area contributed by atoms with Crippen LogP contribution in [0.15, 0.2) is 22.6 Å². The molecular formula is C15H23N5S. The largest absolute Gasteiger partial charge is 0.370 e. The minimum Gasteiger partial charge on any atom is -0.370 e. The van der Waals surface area contributed by atoms with Crippen LogP contribution in [0.5, 0.6) is 0 Å². The Kier molecular flexibility index (Phi) is 5.22. The zero-order chi connectivity index (χ0) is 15.4. The Balaban J connectivity index is 2.38. The SMILES string of the molecule is CCCNc1nc(C(C)C)nc(Sc2nccn2C)c1C. The molecule has 0 aromatic carbocycles. The van der Waals surface area contributed by atoms with Gasteiger partial charge in [-0.15, -0.1) is 0 Å². The van der Waals surface area contributed by atoms with Gasteiger partial charge in [0.25, 0.3) is 0 Å². The lowest BCUT2D eigenvalue weighted by molar-refractivity contribution is 0.743. The van der Waals surface area contributed by atoms with Gasteiger partial charge in [0.2, 0.25) is 0 Å². The van der Waals surface area contributed by atoms with Crippen molar-refractivity contribution < 1.29 is 0 Å². The Hall–Kier alpha value is -1.56. The van der Waals surface area contributed by atoms with E-state index in [9.17, 15) is 0 Å². The van der Waals surface area contributed by atoms with Crippen LogP contribution in [-0.4, -0.2) is 26.1 Å². The van der Waals surface area contributed by atoms with Gasteiger partial charge in [0.15, 0.2) is 5.16 Å². The number of hydrogen-bond acceptors (Lipinski definition) is 5. The molecule has 0 unspecified atom stereocenters. The Bertz CT molecular complexity index is 606. The van der Waals surface area contributed by atoms with Gasteiger partial charge in [-0.2, -0.15) is 0 Å². The quantitative estimate of drug-likeness (QED) is 0.826. The van der Waals surface area contributed by atoms with Gasteiger partial charge in [-0.05, 0) is 25.1 Å². The fraction of sp³-hybridized carbons (Fsp3) is 0.533. The van der Waals surface area contributed by atoms with Gasteiger partial charge >= 0.3 is 0 Å². The van der Waals surface area contributed by atoms with E-state index < -0.39 is 0 Å². The van der Waals surface area contributed by atoms with Crippen molar-refractivity contribution in [3.05, 3.63) is 23.8 Å². The molecule has 114 valence electrons. The van der Waals surface area contributed by atoms with Crippen LogP contribution < -0.4 is 5.32 Å². The monoisotopic (exact) mass is 305 g/mol. The maximum Gasteiger partial charge on any atom is 0.174 e. The second-order valence-electron chi connectivity index (χ2n) is 5.36. The van der Waals surface area contributed by atoms with Crippen LogP contribution in [0.1, 0.15) is 44.5 Å². The van der Waals surface area contributed by atoms with E-state index in [1.54, 1.807) is 18.0 Å². The Morgan fingerprint density at radius 2 is 2.10 bits per heavy atom. The number of aromatic nitrogens is 4. The van der Waals surface area contributed by atoms with Crippen LogP contribution in [0.4, 0.5) is 5.82 Å². The zero-order valence-electron chi connectivity index (χ0n) is 13.3. The summed E-state index contributed by atoms with van der Waals surface area (Å²) in [6.45, 7) is 9.36. The summed E-state index contributed by atoms with van der Waals surface area (Å²) >= 11 is 1.59. The van der Waals surface area contributed by atoms with Crippen LogP contribution in [0.25, 0.3) is 0 Å². The first-order valence-corrected chi connectivity index (χ1v) is 8.12. The van der Waals surface area contributed by atoms with Crippen molar-refractivity contribution in [2.45, 2.75) is 50.2 Å². The summed E-state index contributed by atoms with van der Waals surface area (Å²) in [6, 6.07) is 0. The first-order chi connectivity index (χ1) is 10.0. The van der Waals surface area contributed by atoms with Crippen LogP contribution in [-0.2, 0) is 7.05 Å². The van der Waals surface area contributed by atoms with E-state index in [0.29, 0.717) is 5.92 Å². The van der Waals surface area contributed by atoms with Crippen LogP contribution in [0, 0.1) is 6.92 Å². The van der Waals surface area contributed by atoms with Crippen molar-refractivity contribution in [2.24, 2.45) is 7.05 Å². The highest BCUT2D eigenvalue weighted by atomic mass is 32.2. The van der Waals surface area contributed by atoms with E-state index in [2.05, 4.69) is 43.0 Å². The summed E-state index contributed by atoms with van der Waals surface area (Å²) in [5.41, 5.74) is 1.08. The Morgan fingerprint density at radius 3 is 2.67 bits per heavy atom. The number of nitrogens with zero attached hydrogens (tertiary/aromatic N) is 4. The molecule has 0 radical (unpaired) electrons. The standard InChI is InChI=1S/C15H23N5S/c1-6-7-16-13-11(4)14(19-12(18-13)10(2)3)21-15-17-8-9-20(15)5/h8-10H,6-7H2,1-5H3,(H,16,18,19). The molecular weight excluding hydrogens is 282 g/mol. The van der Waals surface area contributed by atoms with E-state index in [-0.39, 0.29) is 0 Å². The highest BCUT2D eigenvalue weighted by Crippen LogP contribution is 2.31. The van der Waals surface area contributed by atoms with Gasteiger partial charge in [0, 0.05) is 37.5 Å². The average molecular weight is 305 g/mol. The summed E-state index contributed by atoms with van der Waals surface area (Å²) in [6.07, 6.45) is 4.82. The van der Waals surface area contributed by atoms with Crippen molar-refractivity contribution in [2.75, 3.05) is 11.9 Å². The maximum absolute atomic E-state index is 4.72. The molecule has 0 aliphatic heterocycles. The minimum absolute atomic E-state index is 0.300. The van der Waals surface area contributed by atoms with E-state index in [0.717, 1.165) is 40.4 Å². The van der Waals surface area contributed by atoms with Crippen molar-refractivity contribution >= 4 is 17.6 Å². The number of rotatable bonds is 6. The van der Waals surface area contributed by atoms with Crippen LogP contribution >= 0.6 is 11.8 Å². The zero-order valence-corrected chi connectivity index (χ0v) is 14.2. The summed E-state index contributed by atoms with van der Waals surface area (Å²) in [4.78, 5) is 13.7. The minimum atomic E-state index is 0.300. The predicted octanol–water partition coefficient (Wildman–Crippen LogP) is 3.62. The number of imidazole rings is 1. The van der Waals surface area contributed by atoms with Gasteiger partial charge in [-0.3, -0.25) is 0 Å². The van der Waals surface area contributed by atoms with Gasteiger partial charge in [-0.1, -0.05) is 20.8 Å². The molecule has 0 aliphatic carbocycles. The third-order valence-electron chi connectivity index (χ3n) is 3.14. The number of nitrogens with one attached hydrogen (secondary N) is 1. The van der Waals surface area contributed by atoms with E-state index in [1.165, 1.54) is 0 Å². The first kappa shape index (κ1) is 15.8. The molecule has 2 rings (SSSR count). The third kappa shape index (κ3) is 3.75. The van der Waals surface area contributed by atoms with E-state index >= 15 is 0 Å². The molecule has 5 nitrogen and oxygen atoms in total. The fourth-order valence-electron chi connectivity index (χ4n) is 1.82. The van der Waals surface area contributed by atoms with E-state index in [1.807, 2.05) is 17.8 Å². The Labute approximate surface area is 130 Å². The molecule has 0 aliphatic rings. The van der Waals surface area contributed by atoms with Gasteiger partial charge < -0.3 is 9.88 Å². The molecule has 0 saturated heterocycles. The Morgan fingerprint density at radius 1 is 1.33 bits per heavy atom. The summed E-state index contributed by atoms with van der Waals surface area (Å²) in [5.74, 6) is 2.11. The van der Waals surface area contributed by atoms with Gasteiger partial charge in [0.1, 0.15) is 16.7 Å². The molecule has 2 aromatic rings. The normalized spacial score (nSPS) is 11.1. The highest BCUT2D eigenvalue weighted by molar-refractivity contribution is 7.99. The summed E-state index contributed by atoms with van der Waals surface area (Å²) in [7, 11) is 1.99. The van der Waals surface area contributed by atoms with E-state index in [4.69, 9.17) is 4.98 Å². The summed E-state index contributed by atoms with van der Waals surface area (Å²) < 4.78 is 2.00. The molecule has 0 spiro atoms. The summed E-state index contributed by atoms with van der Waals surface area (Å²) in [5, 5.41) is 5.31. The second-order valence-corrected chi connectivity index (χ2v) is 6.32. The lowest BCUT2D eigenvalue weighted by Gasteiger charge is -2.14. The lowest BCUT2D eigenvalue weighted by Crippen LogP contribution is -2.09. The van der Waals surface area contributed by atoms with Crippen molar-refractivity contribution in [3.63, 3.8) is 0 Å². The van der Waals surface area contributed by atoms with Gasteiger partial charge in [-0.25, -0.2) is 15.0 Å². The smallest absolute Gasteiger partial charge is 0.174 e. The molecule has 1 N–H and O–H groups in total. The van der Waals surface area contributed by atoms with Crippen molar-refractivity contribution in [1.82, 2.24) is 19.5 Å². The number of hydrogen-bond donors (Lipinski definition) is 1. The molecule has 6 heteroatoms. The topological polar surface area (TPSA) is 55.6 Å². The molecule has 0 atom stereocenters. The lowest BCUT2D eigenvalue weighted by atomic mass is 10.2. The second kappa shape index (κ2) is 6.93. The number of anilines is 1. The molecule has 0 bridgehead atoms. The average Bonchev–Trinajstić information content (AvgIpc) is 2.85. The molecule has 0 amide bonds.